The Balaban J connectivity index is 2.01. The number of aryl methyl sites for hydroxylation is 2. The molecule has 1 aliphatic heterocycles. The van der Waals surface area contributed by atoms with E-state index in [0.717, 1.165) is 11.7 Å². The number of nitrogens with one attached hydrogen (secondary N) is 1. The van der Waals surface area contributed by atoms with Gasteiger partial charge in [-0.3, -0.25) is 4.99 Å². The fraction of sp³-hybridized carbons (Fsp3) is 0.688. The molecule has 1 N–H and O–H groups in total. The molecule has 1 aromatic rings. The summed E-state index contributed by atoms with van der Waals surface area (Å²) in [5.41, 5.74) is 1.84. The maximum absolute atomic E-state index is 4.80. The van der Waals surface area contributed by atoms with Gasteiger partial charge in [0.05, 0.1) is 6.04 Å². The van der Waals surface area contributed by atoms with Crippen molar-refractivity contribution in [2.75, 3.05) is 12.3 Å². The molecular weight excluding hydrogens is 284 g/mol. The van der Waals surface area contributed by atoms with Gasteiger partial charge in [0.1, 0.15) is 0 Å². The summed E-state index contributed by atoms with van der Waals surface area (Å²) in [7, 11) is 0. The Labute approximate surface area is 131 Å². The SMILES string of the molecule is CCC1(CC)CN=C(NC(C)c2cc(C)sc2C)SC1. The van der Waals surface area contributed by atoms with Gasteiger partial charge < -0.3 is 5.32 Å². The fourth-order valence-electron chi connectivity index (χ4n) is 2.66. The lowest BCUT2D eigenvalue weighted by atomic mass is 9.84. The Morgan fingerprint density at radius 2 is 2.05 bits per heavy atom. The third kappa shape index (κ3) is 3.40. The lowest BCUT2D eigenvalue weighted by Gasteiger charge is -2.34. The molecule has 2 heterocycles. The number of thioether (sulfide) groups is 1. The van der Waals surface area contributed by atoms with Crippen molar-refractivity contribution in [1.29, 1.82) is 0 Å². The molecule has 1 aliphatic rings. The number of aliphatic imine (C=N–C) groups is 1. The van der Waals surface area contributed by atoms with E-state index in [9.17, 15) is 0 Å². The van der Waals surface area contributed by atoms with Crippen LogP contribution in [0.4, 0.5) is 0 Å². The molecule has 0 fully saturated rings. The predicted octanol–water partition coefficient (Wildman–Crippen LogP) is 4.92. The minimum Gasteiger partial charge on any atom is -0.358 e. The minimum absolute atomic E-state index is 0.349. The molecule has 1 unspecified atom stereocenters. The van der Waals surface area contributed by atoms with Crippen LogP contribution in [0.1, 0.15) is 55.0 Å². The second-order valence-electron chi connectivity index (χ2n) is 5.85. The van der Waals surface area contributed by atoms with Crippen molar-refractivity contribution < 1.29 is 0 Å². The first-order valence-electron chi connectivity index (χ1n) is 7.50. The first kappa shape index (κ1) is 15.9. The van der Waals surface area contributed by atoms with Crippen molar-refractivity contribution in [2.45, 2.75) is 53.5 Å². The van der Waals surface area contributed by atoms with E-state index in [4.69, 9.17) is 4.99 Å². The van der Waals surface area contributed by atoms with Crippen LogP contribution in [0, 0.1) is 19.3 Å². The van der Waals surface area contributed by atoms with Crippen LogP contribution in [0.25, 0.3) is 0 Å². The topological polar surface area (TPSA) is 24.4 Å². The van der Waals surface area contributed by atoms with Crippen LogP contribution in [0.2, 0.25) is 0 Å². The number of nitrogens with zero attached hydrogens (tertiary/aromatic N) is 1. The number of amidine groups is 1. The number of rotatable bonds is 4. The first-order chi connectivity index (χ1) is 9.49. The van der Waals surface area contributed by atoms with Gasteiger partial charge >= 0.3 is 0 Å². The molecule has 0 spiro atoms. The lowest BCUT2D eigenvalue weighted by Crippen LogP contribution is -2.35. The van der Waals surface area contributed by atoms with Gasteiger partial charge in [0.15, 0.2) is 5.17 Å². The minimum atomic E-state index is 0.349. The number of thiophene rings is 1. The van der Waals surface area contributed by atoms with Crippen LogP contribution < -0.4 is 5.32 Å². The van der Waals surface area contributed by atoms with E-state index in [1.165, 1.54) is 33.9 Å². The van der Waals surface area contributed by atoms with Gasteiger partial charge in [-0.05, 0) is 50.7 Å². The van der Waals surface area contributed by atoms with Crippen molar-refractivity contribution in [1.82, 2.24) is 5.32 Å². The molecule has 2 nitrogen and oxygen atoms in total. The Kier molecular flexibility index (Phi) is 5.19. The van der Waals surface area contributed by atoms with E-state index in [1.807, 2.05) is 23.1 Å². The highest BCUT2D eigenvalue weighted by molar-refractivity contribution is 8.13. The monoisotopic (exact) mass is 310 g/mol. The van der Waals surface area contributed by atoms with Crippen LogP contribution in [0.3, 0.4) is 0 Å². The Bertz CT molecular complexity index is 487. The van der Waals surface area contributed by atoms with E-state index >= 15 is 0 Å². The predicted molar refractivity (Wildman–Crippen MR) is 93.1 cm³/mol. The number of hydrogen-bond acceptors (Lipinski definition) is 4. The Hall–Kier alpha value is -0.480. The maximum atomic E-state index is 4.80. The zero-order chi connectivity index (χ0) is 14.8. The molecule has 1 aromatic heterocycles. The molecule has 0 aliphatic carbocycles. The molecule has 0 bridgehead atoms. The summed E-state index contributed by atoms with van der Waals surface area (Å²) in [4.78, 5) is 7.60. The van der Waals surface area contributed by atoms with Gasteiger partial charge in [0.25, 0.3) is 0 Å². The normalized spacial score (nSPS) is 19.6. The summed E-state index contributed by atoms with van der Waals surface area (Å²) in [6.07, 6.45) is 2.46. The van der Waals surface area contributed by atoms with Crippen molar-refractivity contribution in [2.24, 2.45) is 10.4 Å². The van der Waals surface area contributed by atoms with Gasteiger partial charge in [-0.2, -0.15) is 0 Å². The number of hydrogen-bond donors (Lipinski definition) is 1. The van der Waals surface area contributed by atoms with Crippen molar-refractivity contribution in [3.63, 3.8) is 0 Å². The summed E-state index contributed by atoms with van der Waals surface area (Å²) in [5.74, 6) is 1.19. The van der Waals surface area contributed by atoms with E-state index in [0.29, 0.717) is 11.5 Å². The lowest BCUT2D eigenvalue weighted by molar-refractivity contribution is 0.318. The summed E-state index contributed by atoms with van der Waals surface area (Å²) in [5, 5.41) is 4.72. The van der Waals surface area contributed by atoms with Crippen LogP contribution in [0.15, 0.2) is 11.1 Å². The van der Waals surface area contributed by atoms with E-state index in [1.54, 1.807) is 0 Å². The van der Waals surface area contributed by atoms with Crippen LogP contribution in [0.5, 0.6) is 0 Å². The average molecular weight is 311 g/mol. The molecule has 2 rings (SSSR count). The van der Waals surface area contributed by atoms with E-state index in [2.05, 4.69) is 46.0 Å². The van der Waals surface area contributed by atoms with Gasteiger partial charge in [-0.1, -0.05) is 25.6 Å². The largest absolute Gasteiger partial charge is 0.358 e. The maximum Gasteiger partial charge on any atom is 0.157 e. The highest BCUT2D eigenvalue weighted by Crippen LogP contribution is 2.35. The highest BCUT2D eigenvalue weighted by atomic mass is 32.2. The molecule has 112 valence electrons. The molecule has 0 amide bonds. The molecule has 4 heteroatoms. The standard InChI is InChI=1S/C16H26N2S2/c1-6-16(7-2)9-17-15(19-10-16)18-12(4)14-8-11(3)20-13(14)5/h8,12H,6-7,9-10H2,1-5H3,(H,17,18). The second-order valence-corrected chi connectivity index (χ2v) is 8.28. The van der Waals surface area contributed by atoms with Crippen molar-refractivity contribution >= 4 is 28.3 Å². The van der Waals surface area contributed by atoms with Crippen molar-refractivity contribution in [3.05, 3.63) is 21.4 Å². The molecule has 0 saturated heterocycles. The van der Waals surface area contributed by atoms with Gasteiger partial charge in [0.2, 0.25) is 0 Å². The molecular formula is C16H26N2S2. The zero-order valence-corrected chi connectivity index (χ0v) is 14.9. The molecule has 0 aromatic carbocycles. The molecule has 1 atom stereocenters. The van der Waals surface area contributed by atoms with E-state index < -0.39 is 0 Å². The van der Waals surface area contributed by atoms with Crippen molar-refractivity contribution in [3.8, 4) is 0 Å². The second kappa shape index (κ2) is 6.52. The van der Waals surface area contributed by atoms with Crippen LogP contribution in [-0.4, -0.2) is 17.5 Å². The van der Waals surface area contributed by atoms with Gasteiger partial charge in [-0.25, -0.2) is 0 Å². The quantitative estimate of drug-likeness (QED) is 0.853. The third-order valence-electron chi connectivity index (χ3n) is 4.46. The Morgan fingerprint density at radius 3 is 2.50 bits per heavy atom. The first-order valence-corrected chi connectivity index (χ1v) is 9.30. The zero-order valence-electron chi connectivity index (χ0n) is 13.2. The molecule has 0 saturated carbocycles. The fourth-order valence-corrected chi connectivity index (χ4v) is 5.04. The van der Waals surface area contributed by atoms with E-state index in [-0.39, 0.29) is 0 Å². The molecule has 20 heavy (non-hydrogen) atoms. The van der Waals surface area contributed by atoms with Gasteiger partial charge in [0, 0.05) is 22.1 Å². The van der Waals surface area contributed by atoms with Crippen LogP contribution >= 0.6 is 23.1 Å². The smallest absolute Gasteiger partial charge is 0.157 e. The van der Waals surface area contributed by atoms with Crippen LogP contribution in [-0.2, 0) is 0 Å². The average Bonchev–Trinajstić information content (AvgIpc) is 2.79. The Morgan fingerprint density at radius 1 is 1.35 bits per heavy atom. The summed E-state index contributed by atoms with van der Waals surface area (Å²) in [6.45, 7) is 12.2. The highest BCUT2D eigenvalue weighted by Gasteiger charge is 2.30. The molecule has 0 radical (unpaired) electrons. The summed E-state index contributed by atoms with van der Waals surface area (Å²) >= 11 is 3.78. The summed E-state index contributed by atoms with van der Waals surface area (Å²) in [6, 6.07) is 2.65. The third-order valence-corrected chi connectivity index (χ3v) is 6.72. The van der Waals surface area contributed by atoms with Gasteiger partial charge in [-0.15, -0.1) is 11.3 Å². The summed E-state index contributed by atoms with van der Waals surface area (Å²) < 4.78 is 0.